The van der Waals surface area contributed by atoms with Crippen LogP contribution in [0.15, 0.2) is 53.9 Å². The highest BCUT2D eigenvalue weighted by atomic mass is 32.1. The average molecular weight is 405 g/mol. The molecular weight excluding hydrogens is 387 g/mol. The number of hydrogen-bond donors (Lipinski definition) is 1. The molecule has 146 valence electrons. The molecule has 0 unspecified atom stereocenters. The van der Waals surface area contributed by atoms with Crippen LogP contribution in [-0.2, 0) is 12.8 Å². The fraction of sp³-hybridized carbons (Fsp3) is 0.190. The highest BCUT2D eigenvalue weighted by Gasteiger charge is 2.30. The third-order valence-electron chi connectivity index (χ3n) is 4.27. The minimum absolute atomic E-state index is 0.0985. The highest BCUT2D eigenvalue weighted by Crippen LogP contribution is 2.31. The Labute approximate surface area is 164 Å². The Bertz CT molecular complexity index is 995. The molecular formula is C21H18F3NO2S. The number of halogens is 3. The molecule has 28 heavy (non-hydrogen) atoms. The fourth-order valence-corrected chi connectivity index (χ4v) is 3.37. The molecule has 1 aromatic heterocycles. The van der Waals surface area contributed by atoms with Crippen LogP contribution < -0.4 is 10.1 Å². The maximum Gasteiger partial charge on any atom is 0.416 e. The zero-order valence-electron chi connectivity index (χ0n) is 15.3. The monoisotopic (exact) mass is 405 g/mol. The number of rotatable bonds is 5. The molecule has 0 saturated heterocycles. The van der Waals surface area contributed by atoms with Gasteiger partial charge in [-0.3, -0.25) is 4.79 Å². The van der Waals surface area contributed by atoms with Crippen LogP contribution in [0.5, 0.6) is 5.75 Å². The molecule has 7 heteroatoms. The van der Waals surface area contributed by atoms with Crippen molar-refractivity contribution in [1.29, 1.82) is 0 Å². The fourth-order valence-electron chi connectivity index (χ4n) is 2.58. The molecule has 3 aromatic rings. The van der Waals surface area contributed by atoms with Gasteiger partial charge in [-0.05, 0) is 60.7 Å². The molecule has 0 fully saturated rings. The van der Waals surface area contributed by atoms with Crippen LogP contribution in [0.3, 0.4) is 0 Å². The van der Waals surface area contributed by atoms with Crippen molar-refractivity contribution < 1.29 is 22.7 Å². The molecule has 3 rings (SSSR count). The first-order valence-corrected chi connectivity index (χ1v) is 9.37. The predicted octanol–water partition coefficient (Wildman–Crippen LogP) is 6.22. The number of carbonyl (C=O) groups excluding carboxylic acids is 1. The molecule has 2 aromatic carbocycles. The van der Waals surface area contributed by atoms with Gasteiger partial charge in [-0.2, -0.15) is 13.2 Å². The number of thiophene rings is 1. The van der Waals surface area contributed by atoms with Crippen molar-refractivity contribution in [1.82, 2.24) is 0 Å². The summed E-state index contributed by atoms with van der Waals surface area (Å²) in [4.78, 5) is 12.7. The number of ether oxygens (including phenoxy) is 1. The number of carbonyl (C=O) groups is 1. The summed E-state index contributed by atoms with van der Waals surface area (Å²) in [6, 6.07) is 12.0. The van der Waals surface area contributed by atoms with Crippen LogP contribution >= 0.6 is 11.3 Å². The van der Waals surface area contributed by atoms with Gasteiger partial charge in [0.1, 0.15) is 12.4 Å². The van der Waals surface area contributed by atoms with E-state index in [0.717, 1.165) is 34.6 Å². The van der Waals surface area contributed by atoms with Crippen LogP contribution in [-0.4, -0.2) is 5.91 Å². The lowest BCUT2D eigenvalue weighted by Crippen LogP contribution is -2.12. The number of hydrogen-bond acceptors (Lipinski definition) is 3. The molecule has 1 amide bonds. The molecule has 0 aliphatic carbocycles. The maximum absolute atomic E-state index is 12.8. The normalized spacial score (nSPS) is 11.3. The summed E-state index contributed by atoms with van der Waals surface area (Å²) in [5.74, 6) is 0.323. The van der Waals surface area contributed by atoms with Gasteiger partial charge in [0.25, 0.3) is 5.91 Å². The lowest BCUT2D eigenvalue weighted by atomic mass is 10.1. The summed E-state index contributed by atoms with van der Waals surface area (Å²) in [6.45, 7) is 4.28. The maximum atomic E-state index is 12.8. The average Bonchev–Trinajstić information content (AvgIpc) is 3.12. The first kappa shape index (κ1) is 19.9. The van der Waals surface area contributed by atoms with E-state index in [1.54, 1.807) is 11.4 Å². The molecule has 3 nitrogen and oxygen atoms in total. The number of aryl methyl sites for hydroxylation is 1. The molecule has 1 heterocycles. The summed E-state index contributed by atoms with van der Waals surface area (Å²) < 4.78 is 44.2. The Morgan fingerprint density at radius 3 is 2.61 bits per heavy atom. The minimum Gasteiger partial charge on any atom is -0.489 e. The van der Waals surface area contributed by atoms with Gasteiger partial charge in [-0.25, -0.2) is 0 Å². The van der Waals surface area contributed by atoms with Crippen LogP contribution in [0.2, 0.25) is 0 Å². The van der Waals surface area contributed by atoms with E-state index in [4.69, 9.17) is 4.74 Å². The van der Waals surface area contributed by atoms with Crippen molar-refractivity contribution in [2.45, 2.75) is 26.6 Å². The van der Waals surface area contributed by atoms with Gasteiger partial charge in [0.15, 0.2) is 0 Å². The van der Waals surface area contributed by atoms with Gasteiger partial charge in [0.05, 0.1) is 10.4 Å². The van der Waals surface area contributed by atoms with Crippen LogP contribution in [0.1, 0.15) is 31.9 Å². The predicted molar refractivity (Wildman–Crippen MR) is 104 cm³/mol. The van der Waals surface area contributed by atoms with Gasteiger partial charge in [0.2, 0.25) is 0 Å². The molecule has 0 atom stereocenters. The van der Waals surface area contributed by atoms with Crippen molar-refractivity contribution in [2.24, 2.45) is 0 Å². The van der Waals surface area contributed by atoms with Crippen molar-refractivity contribution in [2.75, 3.05) is 5.32 Å². The quantitative estimate of drug-likeness (QED) is 0.548. The smallest absolute Gasteiger partial charge is 0.416 e. The van der Waals surface area contributed by atoms with E-state index in [1.807, 2.05) is 32.0 Å². The van der Waals surface area contributed by atoms with Gasteiger partial charge in [-0.15, -0.1) is 11.3 Å². The van der Waals surface area contributed by atoms with Crippen LogP contribution in [0.4, 0.5) is 18.9 Å². The summed E-state index contributed by atoms with van der Waals surface area (Å²) in [5.41, 5.74) is 2.30. The van der Waals surface area contributed by atoms with E-state index in [-0.39, 0.29) is 5.69 Å². The van der Waals surface area contributed by atoms with Crippen LogP contribution in [0.25, 0.3) is 0 Å². The van der Waals surface area contributed by atoms with Crippen molar-refractivity contribution in [3.05, 3.63) is 81.0 Å². The lowest BCUT2D eigenvalue weighted by molar-refractivity contribution is -0.137. The number of alkyl halides is 3. The summed E-state index contributed by atoms with van der Waals surface area (Å²) in [6.07, 6.45) is -4.46. The zero-order chi connectivity index (χ0) is 20.3. The molecule has 0 bridgehead atoms. The van der Waals surface area contributed by atoms with E-state index < -0.39 is 17.6 Å². The Balaban J connectivity index is 1.65. The number of anilines is 1. The van der Waals surface area contributed by atoms with Gasteiger partial charge < -0.3 is 10.1 Å². The Kier molecular flexibility index (Phi) is 5.74. The van der Waals surface area contributed by atoms with E-state index in [1.165, 1.54) is 23.5 Å². The largest absolute Gasteiger partial charge is 0.489 e. The lowest BCUT2D eigenvalue weighted by Gasteiger charge is -2.10. The van der Waals surface area contributed by atoms with Gasteiger partial charge >= 0.3 is 6.18 Å². The first-order valence-electron chi connectivity index (χ1n) is 8.49. The van der Waals surface area contributed by atoms with E-state index in [0.29, 0.717) is 11.5 Å². The molecule has 0 spiro atoms. The third-order valence-corrected chi connectivity index (χ3v) is 5.25. The Hall–Kier alpha value is -2.80. The van der Waals surface area contributed by atoms with E-state index in [9.17, 15) is 18.0 Å². The van der Waals surface area contributed by atoms with Gasteiger partial charge in [-0.1, -0.05) is 18.2 Å². The van der Waals surface area contributed by atoms with Crippen molar-refractivity contribution in [3.8, 4) is 5.75 Å². The summed E-state index contributed by atoms with van der Waals surface area (Å²) in [5, 5.41) is 4.30. The second-order valence-corrected chi connectivity index (χ2v) is 7.25. The molecule has 0 aliphatic rings. The number of amides is 1. The molecule has 0 radical (unpaired) electrons. The Morgan fingerprint density at radius 1 is 1.11 bits per heavy atom. The molecule has 0 aliphatic heterocycles. The van der Waals surface area contributed by atoms with E-state index in [2.05, 4.69) is 5.32 Å². The van der Waals surface area contributed by atoms with E-state index >= 15 is 0 Å². The number of nitrogens with one attached hydrogen (secondary N) is 1. The summed E-state index contributed by atoms with van der Waals surface area (Å²) in [7, 11) is 0. The topological polar surface area (TPSA) is 38.3 Å². The Morgan fingerprint density at radius 2 is 1.86 bits per heavy atom. The second-order valence-electron chi connectivity index (χ2n) is 6.34. The van der Waals surface area contributed by atoms with Crippen molar-refractivity contribution >= 4 is 22.9 Å². The minimum atomic E-state index is -4.46. The zero-order valence-corrected chi connectivity index (χ0v) is 16.1. The molecule has 0 saturated carbocycles. The second kappa shape index (κ2) is 8.06. The number of benzene rings is 2. The molecule has 1 N–H and O–H groups in total. The first-order chi connectivity index (χ1) is 13.2. The van der Waals surface area contributed by atoms with Gasteiger partial charge in [0, 0.05) is 11.3 Å². The van der Waals surface area contributed by atoms with Crippen LogP contribution in [0, 0.1) is 13.8 Å². The summed E-state index contributed by atoms with van der Waals surface area (Å²) >= 11 is 1.21. The standard InChI is InChI=1S/C21H18F3NO2S/c1-13-5-3-8-18(14(13)2)27-11-15-9-19(28-12-15)20(26)25-17-7-4-6-16(10-17)21(22,23)24/h3-10,12H,11H2,1-2H3,(H,25,26). The van der Waals surface area contributed by atoms with Crippen molar-refractivity contribution in [3.63, 3.8) is 0 Å². The third kappa shape index (κ3) is 4.72. The SMILES string of the molecule is Cc1cccc(OCc2csc(C(=O)Nc3cccc(C(F)(F)F)c3)c2)c1C. The highest BCUT2D eigenvalue weighted by molar-refractivity contribution is 7.12.